The highest BCUT2D eigenvalue weighted by atomic mass is 16.2. The van der Waals surface area contributed by atoms with Crippen molar-refractivity contribution in [3.8, 4) is 0 Å². The van der Waals surface area contributed by atoms with Crippen LogP contribution in [-0.4, -0.2) is 36.6 Å². The predicted molar refractivity (Wildman–Crippen MR) is 44.4 cm³/mol. The average Bonchev–Trinajstić information content (AvgIpc) is 2.07. The number of amides is 2. The molecule has 0 atom stereocenters. The minimum atomic E-state index is -0.420. The zero-order valence-electron chi connectivity index (χ0n) is 6.61. The first-order chi connectivity index (χ1) is 5.74. The van der Waals surface area contributed by atoms with Gasteiger partial charge < -0.3 is 5.43 Å². The number of nitrogens with two attached hydrogens (primary N) is 1. The fraction of sp³-hybridized carbons (Fsp3) is 0.400. The molecule has 0 aromatic carbocycles. The summed E-state index contributed by atoms with van der Waals surface area (Å²) < 4.78 is 0. The van der Waals surface area contributed by atoms with Crippen molar-refractivity contribution in [3.63, 3.8) is 0 Å². The van der Waals surface area contributed by atoms with Crippen LogP contribution >= 0.6 is 0 Å². The van der Waals surface area contributed by atoms with Gasteiger partial charge in [-0.3, -0.25) is 5.01 Å². The lowest BCUT2D eigenvalue weighted by molar-refractivity contribution is 0.203. The van der Waals surface area contributed by atoms with E-state index in [1.165, 1.54) is 6.21 Å². The third-order valence-corrected chi connectivity index (χ3v) is 1.23. The maximum Gasteiger partial charge on any atom is 0.352 e. The second kappa shape index (κ2) is 3.67. The largest absolute Gasteiger partial charge is 0.352 e. The van der Waals surface area contributed by atoms with Crippen molar-refractivity contribution in [1.82, 2.24) is 15.9 Å². The molecule has 1 heterocycles. The molecule has 12 heavy (non-hydrogen) atoms. The predicted octanol–water partition coefficient (Wildman–Crippen LogP) is -1.55. The Morgan fingerprint density at radius 3 is 3.25 bits per heavy atom. The molecular weight excluding hydrogens is 160 g/mol. The van der Waals surface area contributed by atoms with Gasteiger partial charge in [-0.2, -0.15) is 10.2 Å². The molecule has 0 saturated heterocycles. The van der Waals surface area contributed by atoms with E-state index in [1.54, 1.807) is 7.05 Å². The molecule has 0 bridgehead atoms. The van der Waals surface area contributed by atoms with Crippen LogP contribution in [0, 0.1) is 0 Å². The van der Waals surface area contributed by atoms with Gasteiger partial charge in [0, 0.05) is 7.05 Å². The molecule has 1 aliphatic rings. The van der Waals surface area contributed by atoms with Crippen LogP contribution in [0.3, 0.4) is 0 Å². The van der Waals surface area contributed by atoms with Crippen LogP contribution in [0.5, 0.6) is 0 Å². The fourth-order valence-corrected chi connectivity index (χ4v) is 0.674. The molecule has 7 nitrogen and oxygen atoms in total. The molecule has 0 saturated carbocycles. The minimum absolute atomic E-state index is 0.261. The number of hydrogen-bond donors (Lipinski definition) is 3. The molecule has 1 rings (SSSR count). The molecule has 66 valence electrons. The fourth-order valence-electron chi connectivity index (χ4n) is 0.674. The van der Waals surface area contributed by atoms with Crippen LogP contribution in [-0.2, 0) is 0 Å². The van der Waals surface area contributed by atoms with Gasteiger partial charge in [0.05, 0.1) is 12.8 Å². The van der Waals surface area contributed by atoms with Gasteiger partial charge in [-0.1, -0.05) is 0 Å². The summed E-state index contributed by atoms with van der Waals surface area (Å²) >= 11 is 0. The number of hydrazone groups is 2. The van der Waals surface area contributed by atoms with Gasteiger partial charge in [0.25, 0.3) is 0 Å². The molecule has 0 fully saturated rings. The Morgan fingerprint density at radius 2 is 2.67 bits per heavy atom. The van der Waals surface area contributed by atoms with E-state index in [9.17, 15) is 4.79 Å². The Bertz CT molecular complexity index is 234. The summed E-state index contributed by atoms with van der Waals surface area (Å²) in [5, 5.41) is 8.44. The van der Waals surface area contributed by atoms with Crippen LogP contribution in [0.1, 0.15) is 0 Å². The molecule has 4 N–H and O–H groups in total. The zero-order valence-corrected chi connectivity index (χ0v) is 6.61. The number of nitrogens with one attached hydrogen (secondary N) is 2. The van der Waals surface area contributed by atoms with Crippen molar-refractivity contribution in [2.45, 2.75) is 0 Å². The summed E-state index contributed by atoms with van der Waals surface area (Å²) in [5.74, 6) is 5.30. The van der Waals surface area contributed by atoms with Gasteiger partial charge in [0.15, 0.2) is 0 Å². The molecule has 0 aliphatic carbocycles. The minimum Gasteiger partial charge on any atom is -0.313 e. The van der Waals surface area contributed by atoms with E-state index in [4.69, 9.17) is 5.84 Å². The second-order valence-electron chi connectivity index (χ2n) is 2.13. The Morgan fingerprint density at radius 1 is 1.92 bits per heavy atom. The van der Waals surface area contributed by atoms with Crippen molar-refractivity contribution in [2.75, 3.05) is 13.6 Å². The van der Waals surface area contributed by atoms with Crippen LogP contribution in [0.2, 0.25) is 0 Å². The van der Waals surface area contributed by atoms with Crippen molar-refractivity contribution in [3.05, 3.63) is 0 Å². The molecule has 2 amide bonds. The summed E-state index contributed by atoms with van der Waals surface area (Å²) in [4.78, 5) is 10.7. The SMILES string of the molecule is CN/N=C/C1=NNC(=O)N(N)C1. The van der Waals surface area contributed by atoms with Gasteiger partial charge in [-0.25, -0.2) is 16.1 Å². The Balaban J connectivity index is 2.58. The van der Waals surface area contributed by atoms with E-state index in [2.05, 4.69) is 21.1 Å². The van der Waals surface area contributed by atoms with Gasteiger partial charge in [0.1, 0.15) is 5.71 Å². The lowest BCUT2D eigenvalue weighted by atomic mass is 10.4. The molecule has 0 aromatic heterocycles. The quantitative estimate of drug-likeness (QED) is 0.202. The van der Waals surface area contributed by atoms with Crippen LogP contribution in [0.15, 0.2) is 10.2 Å². The van der Waals surface area contributed by atoms with Gasteiger partial charge in [-0.05, 0) is 0 Å². The standard InChI is InChI=1S/C5H10N6O/c1-7-8-2-4-3-11(6)5(12)10-9-4/h2,7H,3,6H2,1H3,(H,10,12)/b8-2+. The average molecular weight is 170 g/mol. The smallest absolute Gasteiger partial charge is 0.313 e. The third kappa shape index (κ3) is 1.92. The van der Waals surface area contributed by atoms with Crippen LogP contribution < -0.4 is 16.7 Å². The number of hydrazine groups is 1. The number of carbonyl (C=O) groups excluding carboxylic acids is 1. The molecular formula is C5H10N6O. The van der Waals surface area contributed by atoms with Gasteiger partial charge >= 0.3 is 6.03 Å². The van der Waals surface area contributed by atoms with E-state index < -0.39 is 6.03 Å². The Kier molecular flexibility index (Phi) is 2.59. The van der Waals surface area contributed by atoms with Gasteiger partial charge in [-0.15, -0.1) is 0 Å². The summed E-state index contributed by atoms with van der Waals surface area (Å²) in [6, 6.07) is -0.420. The molecule has 0 spiro atoms. The van der Waals surface area contributed by atoms with E-state index in [0.717, 1.165) is 5.01 Å². The molecule has 0 aromatic rings. The lowest BCUT2D eigenvalue weighted by Crippen LogP contribution is -2.50. The van der Waals surface area contributed by atoms with Crippen molar-refractivity contribution in [2.24, 2.45) is 16.0 Å². The first-order valence-corrected chi connectivity index (χ1v) is 3.32. The molecule has 0 unspecified atom stereocenters. The van der Waals surface area contributed by atoms with E-state index in [1.807, 2.05) is 0 Å². The molecule has 1 aliphatic heterocycles. The van der Waals surface area contributed by atoms with Crippen molar-refractivity contribution in [1.29, 1.82) is 0 Å². The Labute approximate surface area is 69.3 Å². The van der Waals surface area contributed by atoms with E-state index >= 15 is 0 Å². The first-order valence-electron chi connectivity index (χ1n) is 3.32. The number of hydrogen-bond acceptors (Lipinski definition) is 5. The summed E-state index contributed by atoms with van der Waals surface area (Å²) in [5.41, 5.74) is 5.37. The Hall–Kier alpha value is -1.63. The topological polar surface area (TPSA) is 95.1 Å². The molecule has 7 heteroatoms. The van der Waals surface area contributed by atoms with E-state index in [0.29, 0.717) is 5.71 Å². The second-order valence-corrected chi connectivity index (χ2v) is 2.13. The third-order valence-electron chi connectivity index (χ3n) is 1.23. The van der Waals surface area contributed by atoms with Crippen LogP contribution in [0.25, 0.3) is 0 Å². The number of nitrogens with zero attached hydrogens (tertiary/aromatic N) is 3. The monoisotopic (exact) mass is 170 g/mol. The van der Waals surface area contributed by atoms with E-state index in [-0.39, 0.29) is 6.54 Å². The highest BCUT2D eigenvalue weighted by Crippen LogP contribution is 1.88. The normalized spacial score (nSPS) is 17.7. The summed E-state index contributed by atoms with van der Waals surface area (Å²) in [6.07, 6.45) is 1.49. The maximum absolute atomic E-state index is 10.7. The van der Waals surface area contributed by atoms with Crippen molar-refractivity contribution < 1.29 is 4.79 Å². The summed E-state index contributed by atoms with van der Waals surface area (Å²) in [7, 11) is 1.67. The lowest BCUT2D eigenvalue weighted by Gasteiger charge is -2.19. The first kappa shape index (κ1) is 8.47. The highest BCUT2D eigenvalue weighted by Gasteiger charge is 2.15. The van der Waals surface area contributed by atoms with Crippen molar-refractivity contribution >= 4 is 18.0 Å². The highest BCUT2D eigenvalue weighted by molar-refractivity contribution is 6.32. The maximum atomic E-state index is 10.7. The zero-order chi connectivity index (χ0) is 8.97. The van der Waals surface area contributed by atoms with Crippen LogP contribution in [0.4, 0.5) is 4.79 Å². The van der Waals surface area contributed by atoms with Gasteiger partial charge in [0.2, 0.25) is 0 Å². The molecule has 0 radical (unpaired) electrons. The number of carbonyl (C=O) groups is 1. The summed E-state index contributed by atoms with van der Waals surface area (Å²) in [6.45, 7) is 0.261. The number of rotatable bonds is 2. The number of urea groups is 1.